The molecule has 0 saturated carbocycles. The fourth-order valence-corrected chi connectivity index (χ4v) is 2.66. The number of rotatable bonds is 5. The number of aromatic nitrogens is 1. The van der Waals surface area contributed by atoms with Crippen molar-refractivity contribution in [1.29, 1.82) is 0 Å². The molecule has 0 spiro atoms. The van der Waals surface area contributed by atoms with Crippen molar-refractivity contribution in [2.75, 3.05) is 0 Å². The van der Waals surface area contributed by atoms with Crippen LogP contribution in [0.15, 0.2) is 54.7 Å². The Bertz CT molecular complexity index is 794. The van der Waals surface area contributed by atoms with Crippen LogP contribution in [0, 0.1) is 0 Å². The highest BCUT2D eigenvalue weighted by atomic mass is 35.5. The van der Waals surface area contributed by atoms with Gasteiger partial charge in [-0.05, 0) is 47.2 Å². The molecule has 1 aromatic heterocycles. The molecule has 22 heavy (non-hydrogen) atoms. The minimum Gasteiger partial charge on any atom is -0.361 e. The lowest BCUT2D eigenvalue weighted by Gasteiger charge is -2.06. The summed E-state index contributed by atoms with van der Waals surface area (Å²) in [6.07, 6.45) is 3.13. The van der Waals surface area contributed by atoms with Gasteiger partial charge in [0, 0.05) is 29.7 Å². The molecule has 2 N–H and O–H groups in total. The van der Waals surface area contributed by atoms with Gasteiger partial charge in [-0.3, -0.25) is 4.79 Å². The Labute approximate surface area is 134 Å². The largest absolute Gasteiger partial charge is 0.361 e. The van der Waals surface area contributed by atoms with Crippen LogP contribution in [0.3, 0.4) is 0 Å². The molecule has 4 heteroatoms. The van der Waals surface area contributed by atoms with Crippen molar-refractivity contribution in [3.63, 3.8) is 0 Å². The van der Waals surface area contributed by atoms with E-state index in [4.69, 9.17) is 11.6 Å². The number of aryl methyl sites for hydroxylation is 1. The molecule has 0 bridgehead atoms. The van der Waals surface area contributed by atoms with Gasteiger partial charge < -0.3 is 10.3 Å². The molecule has 0 saturated heterocycles. The average Bonchev–Trinajstić information content (AvgIpc) is 2.98. The van der Waals surface area contributed by atoms with Crippen molar-refractivity contribution in [3.8, 4) is 0 Å². The minimum atomic E-state index is 0.0477. The summed E-state index contributed by atoms with van der Waals surface area (Å²) in [5.41, 5.74) is 3.28. The monoisotopic (exact) mass is 312 g/mol. The topological polar surface area (TPSA) is 44.9 Å². The summed E-state index contributed by atoms with van der Waals surface area (Å²) in [4.78, 5) is 15.1. The number of hydrogen-bond acceptors (Lipinski definition) is 1. The summed E-state index contributed by atoms with van der Waals surface area (Å²) in [6.45, 7) is 0.509. The Kier molecular flexibility index (Phi) is 4.45. The predicted molar refractivity (Wildman–Crippen MR) is 89.9 cm³/mol. The van der Waals surface area contributed by atoms with Gasteiger partial charge in [0.1, 0.15) is 0 Å². The van der Waals surface area contributed by atoms with Crippen LogP contribution in [0.2, 0.25) is 5.02 Å². The number of nitrogens with one attached hydrogen (secondary N) is 2. The molecule has 112 valence electrons. The van der Waals surface area contributed by atoms with E-state index in [0.717, 1.165) is 23.1 Å². The number of carbonyl (C=O) groups excluding carboxylic acids is 1. The molecule has 2 aromatic carbocycles. The van der Waals surface area contributed by atoms with Gasteiger partial charge in [-0.15, -0.1) is 0 Å². The molecular weight excluding hydrogens is 296 g/mol. The van der Waals surface area contributed by atoms with E-state index in [2.05, 4.69) is 28.5 Å². The maximum atomic E-state index is 11.9. The number of aromatic amines is 1. The summed E-state index contributed by atoms with van der Waals surface area (Å²) in [6, 6.07) is 15.8. The normalized spacial score (nSPS) is 10.8. The number of fused-ring (bicyclic) bond motifs is 1. The number of benzene rings is 2. The Morgan fingerprint density at radius 1 is 1.09 bits per heavy atom. The molecule has 0 radical (unpaired) electrons. The molecule has 0 unspecified atom stereocenters. The van der Waals surface area contributed by atoms with Gasteiger partial charge >= 0.3 is 0 Å². The first-order valence-electron chi connectivity index (χ1n) is 7.28. The lowest BCUT2D eigenvalue weighted by atomic mass is 10.1. The zero-order valence-corrected chi connectivity index (χ0v) is 12.9. The standard InChI is InChI=1S/C18H17ClN2O/c19-16-3-1-2-14(10-16)12-21-18(22)7-5-13-4-6-15-8-9-20-17(15)11-13/h1-4,6,8-11,20H,5,7,12H2,(H,21,22). The first-order chi connectivity index (χ1) is 10.7. The van der Waals surface area contributed by atoms with Gasteiger partial charge in [0.15, 0.2) is 0 Å². The van der Waals surface area contributed by atoms with E-state index < -0.39 is 0 Å². The van der Waals surface area contributed by atoms with Crippen LogP contribution in [0.5, 0.6) is 0 Å². The third-order valence-electron chi connectivity index (χ3n) is 3.64. The fourth-order valence-electron chi connectivity index (χ4n) is 2.44. The van der Waals surface area contributed by atoms with Crippen LogP contribution in [-0.4, -0.2) is 10.9 Å². The number of H-pyrrole nitrogens is 1. The third kappa shape index (κ3) is 3.68. The highest BCUT2D eigenvalue weighted by Gasteiger charge is 2.04. The van der Waals surface area contributed by atoms with Gasteiger partial charge in [-0.2, -0.15) is 0 Å². The highest BCUT2D eigenvalue weighted by molar-refractivity contribution is 6.30. The van der Waals surface area contributed by atoms with Crippen LogP contribution in [0.1, 0.15) is 17.5 Å². The maximum Gasteiger partial charge on any atom is 0.220 e. The van der Waals surface area contributed by atoms with Gasteiger partial charge in [-0.25, -0.2) is 0 Å². The molecule has 1 heterocycles. The second-order valence-electron chi connectivity index (χ2n) is 5.31. The van der Waals surface area contributed by atoms with E-state index in [1.807, 2.05) is 36.5 Å². The average molecular weight is 313 g/mol. The van der Waals surface area contributed by atoms with Crippen molar-refractivity contribution in [2.24, 2.45) is 0 Å². The van der Waals surface area contributed by atoms with Gasteiger partial charge in [-0.1, -0.05) is 35.9 Å². The quantitative estimate of drug-likeness (QED) is 0.733. The molecule has 0 fully saturated rings. The van der Waals surface area contributed by atoms with E-state index in [-0.39, 0.29) is 5.91 Å². The highest BCUT2D eigenvalue weighted by Crippen LogP contribution is 2.15. The zero-order valence-electron chi connectivity index (χ0n) is 12.1. The predicted octanol–water partition coefficient (Wildman–Crippen LogP) is 4.07. The van der Waals surface area contributed by atoms with E-state index in [1.165, 1.54) is 5.39 Å². The van der Waals surface area contributed by atoms with Crippen molar-refractivity contribution in [3.05, 3.63) is 70.9 Å². The maximum absolute atomic E-state index is 11.9. The van der Waals surface area contributed by atoms with Crippen molar-refractivity contribution in [2.45, 2.75) is 19.4 Å². The first-order valence-corrected chi connectivity index (χ1v) is 7.66. The second-order valence-corrected chi connectivity index (χ2v) is 5.74. The smallest absolute Gasteiger partial charge is 0.220 e. The molecule has 0 aliphatic heterocycles. The third-order valence-corrected chi connectivity index (χ3v) is 3.87. The Hall–Kier alpha value is -2.26. The van der Waals surface area contributed by atoms with Crippen LogP contribution in [-0.2, 0) is 17.8 Å². The molecular formula is C18H17ClN2O. The Morgan fingerprint density at radius 3 is 2.86 bits per heavy atom. The van der Waals surface area contributed by atoms with E-state index >= 15 is 0 Å². The molecule has 0 atom stereocenters. The van der Waals surface area contributed by atoms with E-state index in [1.54, 1.807) is 0 Å². The Morgan fingerprint density at radius 2 is 2.00 bits per heavy atom. The molecule has 1 amide bonds. The van der Waals surface area contributed by atoms with Gasteiger partial charge in [0.25, 0.3) is 0 Å². The van der Waals surface area contributed by atoms with Gasteiger partial charge in [0.2, 0.25) is 5.91 Å². The summed E-state index contributed by atoms with van der Waals surface area (Å²) < 4.78 is 0. The van der Waals surface area contributed by atoms with Crippen molar-refractivity contribution in [1.82, 2.24) is 10.3 Å². The summed E-state index contributed by atoms with van der Waals surface area (Å²) >= 11 is 5.92. The molecule has 3 rings (SSSR count). The number of carbonyl (C=O) groups is 1. The Balaban J connectivity index is 1.51. The minimum absolute atomic E-state index is 0.0477. The van der Waals surface area contributed by atoms with Crippen molar-refractivity contribution >= 4 is 28.4 Å². The molecule has 3 nitrogen and oxygen atoms in total. The fraction of sp³-hybridized carbons (Fsp3) is 0.167. The van der Waals surface area contributed by atoms with E-state index in [0.29, 0.717) is 18.0 Å². The van der Waals surface area contributed by atoms with E-state index in [9.17, 15) is 4.79 Å². The SMILES string of the molecule is O=C(CCc1ccc2cc[nH]c2c1)NCc1cccc(Cl)c1. The van der Waals surface area contributed by atoms with Crippen LogP contribution < -0.4 is 5.32 Å². The summed E-state index contributed by atoms with van der Waals surface area (Å²) in [7, 11) is 0. The van der Waals surface area contributed by atoms with Gasteiger partial charge in [0.05, 0.1) is 0 Å². The first kappa shape index (κ1) is 14.7. The lowest BCUT2D eigenvalue weighted by Crippen LogP contribution is -2.22. The van der Waals surface area contributed by atoms with Crippen LogP contribution in [0.25, 0.3) is 10.9 Å². The molecule has 0 aliphatic rings. The number of amides is 1. The summed E-state index contributed by atoms with van der Waals surface area (Å²) in [5, 5.41) is 4.80. The number of halogens is 1. The lowest BCUT2D eigenvalue weighted by molar-refractivity contribution is -0.121. The van der Waals surface area contributed by atoms with Crippen LogP contribution in [0.4, 0.5) is 0 Å². The molecule has 0 aliphatic carbocycles. The second kappa shape index (κ2) is 6.67. The molecule has 3 aromatic rings. The van der Waals surface area contributed by atoms with Crippen LogP contribution >= 0.6 is 11.6 Å². The zero-order chi connectivity index (χ0) is 15.4. The summed E-state index contributed by atoms with van der Waals surface area (Å²) in [5.74, 6) is 0.0477. The number of hydrogen-bond donors (Lipinski definition) is 2. The van der Waals surface area contributed by atoms with Crippen molar-refractivity contribution < 1.29 is 4.79 Å².